The minimum atomic E-state index is -0.723. The summed E-state index contributed by atoms with van der Waals surface area (Å²) in [5, 5.41) is 23.2. The van der Waals surface area contributed by atoms with Crippen molar-refractivity contribution in [2.45, 2.75) is 32.6 Å². The fourth-order valence-corrected chi connectivity index (χ4v) is 4.24. The molecule has 2 N–H and O–H groups in total. The van der Waals surface area contributed by atoms with Crippen molar-refractivity contribution in [1.29, 1.82) is 0 Å². The van der Waals surface area contributed by atoms with Gasteiger partial charge in [-0.05, 0) is 31.2 Å². The van der Waals surface area contributed by atoms with Crippen LogP contribution in [0.25, 0.3) is 0 Å². The first kappa shape index (κ1) is 21.1. The van der Waals surface area contributed by atoms with Crippen LogP contribution in [-0.4, -0.2) is 46.4 Å². The molecule has 1 amide bonds. The molecule has 9 heteroatoms. The van der Waals surface area contributed by atoms with Gasteiger partial charge in [0, 0.05) is 38.2 Å². The van der Waals surface area contributed by atoms with Crippen molar-refractivity contribution in [2.75, 3.05) is 25.0 Å². The van der Waals surface area contributed by atoms with Crippen LogP contribution in [0.2, 0.25) is 0 Å². The summed E-state index contributed by atoms with van der Waals surface area (Å²) in [6, 6.07) is 4.36. The van der Waals surface area contributed by atoms with Crippen molar-refractivity contribution in [3.63, 3.8) is 0 Å². The zero-order valence-corrected chi connectivity index (χ0v) is 16.0. The Labute approximate surface area is 163 Å². The molecule has 0 unspecified atom stereocenters. The maximum Gasteiger partial charge on any atom is 0.311 e. The van der Waals surface area contributed by atoms with Gasteiger partial charge in [0.25, 0.3) is 5.69 Å². The largest absolute Gasteiger partial charge is 0.481 e. The van der Waals surface area contributed by atoms with E-state index in [1.54, 1.807) is 13.0 Å². The minimum Gasteiger partial charge on any atom is -0.481 e. The molecule has 1 saturated carbocycles. The summed E-state index contributed by atoms with van der Waals surface area (Å²) in [6.07, 6.45) is 2.83. The molecule has 1 saturated heterocycles. The molecule has 1 aromatic carbocycles. The average Bonchev–Trinajstić information content (AvgIpc) is 3.12. The molecule has 0 spiro atoms. The number of carbonyl (C=O) groups excluding carboxylic acids is 1. The number of nitro groups is 1. The van der Waals surface area contributed by atoms with E-state index in [1.807, 2.05) is 0 Å². The van der Waals surface area contributed by atoms with E-state index >= 15 is 0 Å². The Kier molecular flexibility index (Phi) is 6.43. The van der Waals surface area contributed by atoms with E-state index in [2.05, 4.69) is 10.2 Å². The van der Waals surface area contributed by atoms with E-state index in [0.29, 0.717) is 25.2 Å². The number of hydrogen-bond donors (Lipinski definition) is 2. The van der Waals surface area contributed by atoms with E-state index < -0.39 is 16.3 Å². The topological polar surface area (TPSA) is 113 Å². The van der Waals surface area contributed by atoms with E-state index in [0.717, 1.165) is 24.9 Å². The number of anilines is 1. The van der Waals surface area contributed by atoms with E-state index in [9.17, 15) is 24.8 Å². The lowest BCUT2D eigenvalue weighted by Gasteiger charge is -2.23. The monoisotopic (exact) mass is 397 g/mol. The molecule has 1 aromatic rings. The van der Waals surface area contributed by atoms with Crippen molar-refractivity contribution < 1.29 is 19.6 Å². The maximum atomic E-state index is 12.2. The number of nitro benzene ring substituents is 1. The number of non-ortho nitro benzene ring substituents is 1. The van der Waals surface area contributed by atoms with Gasteiger partial charge in [0.1, 0.15) is 0 Å². The van der Waals surface area contributed by atoms with Crippen LogP contribution in [0.5, 0.6) is 0 Å². The summed E-state index contributed by atoms with van der Waals surface area (Å²) in [6.45, 7) is 3.48. The molecule has 2 atom stereocenters. The lowest BCUT2D eigenvalue weighted by atomic mass is 9.81. The van der Waals surface area contributed by atoms with Crippen LogP contribution in [0, 0.1) is 28.4 Å². The number of fused-ring (bicyclic) bond motifs is 1. The Morgan fingerprint density at radius 2 is 2.19 bits per heavy atom. The molecule has 0 aromatic heterocycles. The third-order valence-electron chi connectivity index (χ3n) is 5.73. The summed E-state index contributed by atoms with van der Waals surface area (Å²) >= 11 is 0. The Morgan fingerprint density at radius 1 is 1.44 bits per heavy atom. The first-order valence-electron chi connectivity index (χ1n) is 8.82. The first-order chi connectivity index (χ1) is 12.3. The number of amides is 1. The second kappa shape index (κ2) is 8.22. The van der Waals surface area contributed by atoms with E-state index in [1.165, 1.54) is 12.1 Å². The molecule has 2 fully saturated rings. The molecule has 2 aliphatic rings. The van der Waals surface area contributed by atoms with Crippen molar-refractivity contribution in [3.05, 3.63) is 33.9 Å². The van der Waals surface area contributed by atoms with Gasteiger partial charge in [-0.3, -0.25) is 19.7 Å². The number of carboxylic acid groups (broad SMARTS) is 1. The lowest BCUT2D eigenvalue weighted by molar-refractivity contribution is -0.384. The maximum absolute atomic E-state index is 12.2. The number of carbonyl (C=O) groups is 2. The zero-order chi connectivity index (χ0) is 18.9. The molecule has 1 heterocycles. The first-order valence-corrected chi connectivity index (χ1v) is 8.82. The number of nitrogens with zero attached hydrogens (tertiary/aromatic N) is 2. The highest BCUT2D eigenvalue weighted by Crippen LogP contribution is 2.48. The zero-order valence-electron chi connectivity index (χ0n) is 15.1. The molecular weight excluding hydrogens is 374 g/mol. The summed E-state index contributed by atoms with van der Waals surface area (Å²) in [4.78, 5) is 36.4. The quantitative estimate of drug-likeness (QED) is 0.563. The van der Waals surface area contributed by atoms with E-state index in [4.69, 9.17) is 0 Å². The smallest absolute Gasteiger partial charge is 0.311 e. The molecule has 8 nitrogen and oxygen atoms in total. The van der Waals surface area contributed by atoms with Crippen LogP contribution in [0.15, 0.2) is 18.2 Å². The Morgan fingerprint density at radius 3 is 2.81 bits per heavy atom. The van der Waals surface area contributed by atoms with Crippen molar-refractivity contribution >= 4 is 35.7 Å². The molecule has 1 aliphatic heterocycles. The van der Waals surface area contributed by atoms with Gasteiger partial charge in [0.2, 0.25) is 5.91 Å². The number of benzene rings is 1. The predicted molar refractivity (Wildman–Crippen MR) is 102 cm³/mol. The standard InChI is InChI=1S/C18H23N3O5.ClH/c1-12-4-5-14(21(25)26)9-15(12)19-16(22)6-8-20-10-13-3-2-7-18(13,11-20)17(23)24;/h4-5,9,13H,2-3,6-8,10-11H2,1H3,(H,19,22)(H,23,24);1H/t13-,18+;/m0./s1. The van der Waals surface area contributed by atoms with Gasteiger partial charge >= 0.3 is 5.97 Å². The molecule has 148 valence electrons. The van der Waals surface area contributed by atoms with Crippen LogP contribution in [0.4, 0.5) is 11.4 Å². The van der Waals surface area contributed by atoms with Gasteiger partial charge in [-0.25, -0.2) is 0 Å². The summed E-state index contributed by atoms with van der Waals surface area (Å²) in [5.74, 6) is -0.781. The molecule has 3 rings (SSSR count). The molecule has 0 bridgehead atoms. The molecule has 27 heavy (non-hydrogen) atoms. The van der Waals surface area contributed by atoms with Gasteiger partial charge < -0.3 is 15.3 Å². The predicted octanol–water partition coefficient (Wildman–Crippen LogP) is 2.84. The van der Waals surface area contributed by atoms with Gasteiger partial charge in [-0.15, -0.1) is 12.4 Å². The highest BCUT2D eigenvalue weighted by molar-refractivity contribution is 5.92. The number of likely N-dealkylation sites (tertiary alicyclic amines) is 1. The SMILES string of the molecule is Cc1ccc([N+](=O)[O-])cc1NC(=O)CCN1C[C@@H]2CCC[C@@]2(C(=O)O)C1.Cl. The number of carboxylic acids is 1. The van der Waals surface area contributed by atoms with Crippen molar-refractivity contribution in [1.82, 2.24) is 4.90 Å². The Hall–Kier alpha value is -2.19. The molecule has 1 aliphatic carbocycles. The number of rotatable bonds is 6. The number of nitrogens with one attached hydrogen (secondary N) is 1. The number of aliphatic carboxylic acids is 1. The minimum absolute atomic E-state index is 0. The summed E-state index contributed by atoms with van der Waals surface area (Å²) < 4.78 is 0. The second-order valence-electron chi connectivity index (χ2n) is 7.34. The molecule has 0 radical (unpaired) electrons. The third-order valence-corrected chi connectivity index (χ3v) is 5.73. The van der Waals surface area contributed by atoms with E-state index in [-0.39, 0.29) is 36.3 Å². The van der Waals surface area contributed by atoms with Crippen LogP contribution < -0.4 is 5.32 Å². The molecular formula is C18H24ClN3O5. The number of hydrogen-bond acceptors (Lipinski definition) is 5. The van der Waals surface area contributed by atoms with Gasteiger partial charge in [-0.2, -0.15) is 0 Å². The van der Waals surface area contributed by atoms with Crippen LogP contribution in [0.1, 0.15) is 31.2 Å². The fraction of sp³-hybridized carbons (Fsp3) is 0.556. The highest BCUT2D eigenvalue weighted by Gasteiger charge is 2.54. The second-order valence-corrected chi connectivity index (χ2v) is 7.34. The van der Waals surface area contributed by atoms with Crippen LogP contribution >= 0.6 is 12.4 Å². The normalized spacial score (nSPS) is 24.1. The Bertz CT molecular complexity index is 757. The highest BCUT2D eigenvalue weighted by atomic mass is 35.5. The average molecular weight is 398 g/mol. The van der Waals surface area contributed by atoms with Gasteiger partial charge in [-0.1, -0.05) is 12.5 Å². The van der Waals surface area contributed by atoms with Crippen molar-refractivity contribution in [2.24, 2.45) is 11.3 Å². The summed E-state index contributed by atoms with van der Waals surface area (Å²) in [7, 11) is 0. The van der Waals surface area contributed by atoms with Gasteiger partial charge in [0.15, 0.2) is 0 Å². The lowest BCUT2D eigenvalue weighted by Crippen LogP contribution is -2.36. The summed E-state index contributed by atoms with van der Waals surface area (Å²) in [5.41, 5.74) is 0.475. The Balaban J connectivity index is 0.00000261. The van der Waals surface area contributed by atoms with Gasteiger partial charge in [0.05, 0.1) is 16.0 Å². The number of aryl methyl sites for hydroxylation is 1. The fourth-order valence-electron chi connectivity index (χ4n) is 4.24. The van der Waals surface area contributed by atoms with Crippen LogP contribution in [0.3, 0.4) is 0 Å². The van der Waals surface area contributed by atoms with Crippen molar-refractivity contribution in [3.8, 4) is 0 Å². The van der Waals surface area contributed by atoms with Crippen LogP contribution in [-0.2, 0) is 9.59 Å². The third kappa shape index (κ3) is 4.22. The number of halogens is 1.